The number of nitrogens with one attached hydrogen (secondary N) is 2. The molecule has 1 aromatic carbocycles. The predicted octanol–water partition coefficient (Wildman–Crippen LogP) is 1.46. The van der Waals surface area contributed by atoms with E-state index in [2.05, 4.69) is 10.1 Å². The second-order valence-electron chi connectivity index (χ2n) is 8.92. The first-order valence-electron chi connectivity index (χ1n) is 11.4. The molecule has 0 spiro atoms. The molecule has 1 saturated heterocycles. The zero-order valence-electron chi connectivity index (χ0n) is 20.7. The zero-order valence-corrected chi connectivity index (χ0v) is 21.6. The van der Waals surface area contributed by atoms with E-state index < -0.39 is 67.6 Å². The first-order chi connectivity index (χ1) is 17.4. The molecule has 1 aliphatic rings. The lowest BCUT2D eigenvalue weighted by atomic mass is 9.84. The van der Waals surface area contributed by atoms with E-state index in [0.29, 0.717) is 0 Å². The van der Waals surface area contributed by atoms with E-state index in [-0.39, 0.29) is 5.75 Å². The molecule has 3 N–H and O–H groups in total. The number of aromatic amines is 1. The van der Waals surface area contributed by atoms with Crippen LogP contribution in [-0.4, -0.2) is 51.6 Å². The lowest BCUT2D eigenvalue weighted by Crippen LogP contribution is -2.41. The largest absolute Gasteiger partial charge is 0.462 e. The molecular weight excluding hydrogens is 507 g/mol. The number of benzene rings is 1. The molecule has 2 heterocycles. The highest BCUT2D eigenvalue weighted by atomic mass is 31.2. The second kappa shape index (κ2) is 11.4. The average molecular weight is 536 g/mol. The maximum atomic E-state index is 13.7. The van der Waals surface area contributed by atoms with Gasteiger partial charge in [-0.25, -0.2) is 9.36 Å². The molecule has 0 aliphatic carbocycles. The number of aliphatic hydroxyl groups is 1. The van der Waals surface area contributed by atoms with Crippen LogP contribution in [0, 0.1) is 16.7 Å². The van der Waals surface area contributed by atoms with Crippen molar-refractivity contribution in [2.45, 2.75) is 58.3 Å². The summed E-state index contributed by atoms with van der Waals surface area (Å²) in [6.07, 6.45) is -3.29. The molecule has 13 nitrogen and oxygen atoms in total. The Morgan fingerprint density at radius 2 is 1.97 bits per heavy atom. The van der Waals surface area contributed by atoms with Gasteiger partial charge in [0.25, 0.3) is 5.56 Å². The highest BCUT2D eigenvalue weighted by Gasteiger charge is 2.55. The minimum atomic E-state index is -4.27. The molecule has 14 heteroatoms. The minimum Gasteiger partial charge on any atom is -0.462 e. The van der Waals surface area contributed by atoms with E-state index in [1.54, 1.807) is 32.0 Å². The van der Waals surface area contributed by atoms with Crippen LogP contribution in [0.2, 0.25) is 0 Å². The van der Waals surface area contributed by atoms with Crippen LogP contribution in [0.15, 0.2) is 52.2 Å². The summed E-state index contributed by atoms with van der Waals surface area (Å²) in [5.41, 5.74) is -3.12. The summed E-state index contributed by atoms with van der Waals surface area (Å²) in [6.45, 7) is 5.58. The maximum absolute atomic E-state index is 13.7. The molecule has 2 aromatic rings. The highest BCUT2D eigenvalue weighted by Crippen LogP contribution is 2.48. The van der Waals surface area contributed by atoms with Crippen molar-refractivity contribution >= 4 is 13.7 Å². The Morgan fingerprint density at radius 1 is 1.30 bits per heavy atom. The lowest BCUT2D eigenvalue weighted by molar-refractivity contribution is -0.149. The summed E-state index contributed by atoms with van der Waals surface area (Å²) in [7, 11) is -4.27. The number of hydrogen-bond acceptors (Lipinski definition) is 10. The molecule has 0 unspecified atom stereocenters. The van der Waals surface area contributed by atoms with Gasteiger partial charge >= 0.3 is 19.4 Å². The molecule has 0 amide bonds. The van der Waals surface area contributed by atoms with Crippen molar-refractivity contribution in [3.05, 3.63) is 63.4 Å². The van der Waals surface area contributed by atoms with Gasteiger partial charge in [-0.2, -0.15) is 10.3 Å². The van der Waals surface area contributed by atoms with Gasteiger partial charge in [0.1, 0.15) is 29.4 Å². The Kier molecular flexibility index (Phi) is 8.73. The van der Waals surface area contributed by atoms with E-state index >= 15 is 0 Å². The fraction of sp³-hybridized carbons (Fsp3) is 0.478. The number of carbonyl (C=O) groups excluding carboxylic acids is 1. The van der Waals surface area contributed by atoms with Gasteiger partial charge in [0.15, 0.2) is 6.23 Å². The number of nitriles is 1. The highest BCUT2D eigenvalue weighted by molar-refractivity contribution is 7.52. The predicted molar refractivity (Wildman–Crippen MR) is 129 cm³/mol. The van der Waals surface area contributed by atoms with Crippen LogP contribution < -0.4 is 20.9 Å². The van der Waals surface area contributed by atoms with Crippen LogP contribution >= 0.6 is 7.75 Å². The first kappa shape index (κ1) is 28.3. The fourth-order valence-corrected chi connectivity index (χ4v) is 5.14. The standard InChI is InChI=1S/C23H29N4O9P/c1-14(2)34-20(30)15(3)26-37(32,36-16-8-6-5-7-9-16)33-12-17-19(29)23(4,13-24)21(35-17)27-11-10-18(28)25-22(27)31/h5-11,14-15,17,19,21,29H,12H2,1-4H3,(H,26,32)(H,25,28,31)/t15-,17-,19-,21-,23-,37-/m1/s1. The monoisotopic (exact) mass is 536 g/mol. The Bertz CT molecular complexity index is 1310. The Hall–Kier alpha value is -3.27. The quantitative estimate of drug-likeness (QED) is 0.295. The van der Waals surface area contributed by atoms with E-state index in [9.17, 15) is 29.3 Å². The molecule has 0 radical (unpaired) electrons. The van der Waals surface area contributed by atoms with Gasteiger partial charge in [0, 0.05) is 12.3 Å². The number of carbonyl (C=O) groups is 1. The van der Waals surface area contributed by atoms with Gasteiger partial charge in [-0.1, -0.05) is 18.2 Å². The van der Waals surface area contributed by atoms with E-state index in [0.717, 1.165) is 16.8 Å². The Labute approximate surface area is 212 Å². The van der Waals surface area contributed by atoms with Crippen LogP contribution in [0.5, 0.6) is 5.75 Å². The van der Waals surface area contributed by atoms with Crippen molar-refractivity contribution < 1.29 is 33.0 Å². The molecule has 200 valence electrons. The number of nitrogens with zero attached hydrogens (tertiary/aromatic N) is 2. The smallest absolute Gasteiger partial charge is 0.459 e. The minimum absolute atomic E-state index is 0.176. The summed E-state index contributed by atoms with van der Waals surface area (Å²) in [6, 6.07) is 10.00. The van der Waals surface area contributed by atoms with Crippen LogP contribution in [0.1, 0.15) is 33.9 Å². The number of aliphatic hydroxyl groups excluding tert-OH is 1. The van der Waals surface area contributed by atoms with Gasteiger partial charge in [-0.15, -0.1) is 0 Å². The normalized spacial score (nSPS) is 25.7. The number of esters is 1. The second-order valence-corrected chi connectivity index (χ2v) is 10.6. The van der Waals surface area contributed by atoms with Gasteiger partial charge < -0.3 is 19.1 Å². The van der Waals surface area contributed by atoms with E-state index in [1.807, 2.05) is 6.07 Å². The van der Waals surface area contributed by atoms with Crippen LogP contribution in [0.4, 0.5) is 0 Å². The van der Waals surface area contributed by atoms with Crippen molar-refractivity contribution in [2.75, 3.05) is 6.61 Å². The van der Waals surface area contributed by atoms with Crippen LogP contribution in [0.3, 0.4) is 0 Å². The molecular formula is C23H29N4O9P. The fourth-order valence-electron chi connectivity index (χ4n) is 3.64. The Balaban J connectivity index is 1.84. The first-order valence-corrected chi connectivity index (χ1v) is 13.0. The van der Waals surface area contributed by atoms with Crippen molar-refractivity contribution in [3.63, 3.8) is 0 Å². The van der Waals surface area contributed by atoms with Gasteiger partial charge in [-0.3, -0.25) is 23.7 Å². The third kappa shape index (κ3) is 6.54. The number of aromatic nitrogens is 2. The SMILES string of the molecule is CC(C)OC(=O)[C@@H](C)N[P@@](=O)(OC[C@H]1O[C@@H](n2ccc(=O)[nH]c2=O)[C@](C)(C#N)[C@@H]1O)Oc1ccccc1. The summed E-state index contributed by atoms with van der Waals surface area (Å²) in [5.74, 6) is -0.516. The van der Waals surface area contributed by atoms with Crippen LogP contribution in [0.25, 0.3) is 0 Å². The van der Waals surface area contributed by atoms with Gasteiger partial charge in [0.2, 0.25) is 0 Å². The van der Waals surface area contributed by atoms with Crippen molar-refractivity contribution in [1.82, 2.24) is 14.6 Å². The topological polar surface area (TPSA) is 182 Å². The molecule has 3 rings (SSSR count). The number of rotatable bonds is 10. The van der Waals surface area contributed by atoms with Crippen molar-refractivity contribution in [1.29, 1.82) is 5.26 Å². The van der Waals surface area contributed by atoms with Gasteiger partial charge in [-0.05, 0) is 39.8 Å². The third-order valence-electron chi connectivity index (χ3n) is 5.56. The maximum Gasteiger partial charge on any atom is 0.459 e. The molecule has 6 atom stereocenters. The summed E-state index contributed by atoms with van der Waals surface area (Å²) in [5, 5.41) is 23.2. The number of hydrogen-bond donors (Lipinski definition) is 3. The summed E-state index contributed by atoms with van der Waals surface area (Å²) >= 11 is 0. The van der Waals surface area contributed by atoms with Gasteiger partial charge in [0.05, 0.1) is 18.8 Å². The number of ether oxygens (including phenoxy) is 2. The Morgan fingerprint density at radius 3 is 2.57 bits per heavy atom. The number of para-hydroxylation sites is 1. The molecule has 37 heavy (non-hydrogen) atoms. The average Bonchev–Trinajstić information content (AvgIpc) is 3.08. The van der Waals surface area contributed by atoms with E-state index in [1.165, 1.54) is 26.0 Å². The lowest BCUT2D eigenvalue weighted by Gasteiger charge is -2.26. The molecule has 0 saturated carbocycles. The molecule has 1 aromatic heterocycles. The third-order valence-corrected chi connectivity index (χ3v) is 7.21. The molecule has 1 aliphatic heterocycles. The van der Waals surface area contributed by atoms with Crippen molar-refractivity contribution in [3.8, 4) is 11.8 Å². The molecule has 0 bridgehead atoms. The number of H-pyrrole nitrogens is 1. The summed E-state index contributed by atoms with van der Waals surface area (Å²) in [4.78, 5) is 38.1. The van der Waals surface area contributed by atoms with E-state index in [4.69, 9.17) is 18.5 Å². The summed E-state index contributed by atoms with van der Waals surface area (Å²) < 4.78 is 36.7. The van der Waals surface area contributed by atoms with Crippen molar-refractivity contribution in [2.24, 2.45) is 5.41 Å². The zero-order chi connectivity index (χ0) is 27.4. The molecule has 1 fully saturated rings. The van der Waals surface area contributed by atoms with Crippen LogP contribution in [-0.2, 0) is 23.4 Å².